The van der Waals surface area contributed by atoms with Crippen molar-refractivity contribution >= 4 is 40.6 Å². The number of rotatable bonds is 5. The van der Waals surface area contributed by atoms with E-state index in [1.165, 1.54) is 11.3 Å². The van der Waals surface area contributed by atoms with Crippen LogP contribution in [0.1, 0.15) is 16.2 Å². The van der Waals surface area contributed by atoms with Crippen LogP contribution in [0.2, 0.25) is 5.02 Å². The van der Waals surface area contributed by atoms with E-state index in [1.807, 2.05) is 29.8 Å². The molecule has 1 amide bonds. The molecule has 0 bridgehead atoms. The monoisotopic (exact) mass is 365 g/mol. The van der Waals surface area contributed by atoms with E-state index < -0.39 is 0 Å². The maximum atomic E-state index is 12.2. The molecule has 3 aromatic rings. The largest absolute Gasteiger partial charge is 0.343 e. The van der Waals surface area contributed by atoms with Crippen molar-refractivity contribution in [2.45, 2.75) is 11.4 Å². The summed E-state index contributed by atoms with van der Waals surface area (Å²) in [4.78, 5) is 18.4. The zero-order valence-corrected chi connectivity index (χ0v) is 14.5. The summed E-state index contributed by atoms with van der Waals surface area (Å²) in [6.07, 6.45) is 1.94. The topological polar surface area (TPSA) is 68.0 Å². The van der Waals surface area contributed by atoms with Gasteiger partial charge in [-0.3, -0.25) is 4.79 Å². The third-order valence-electron chi connectivity index (χ3n) is 3.03. The van der Waals surface area contributed by atoms with E-state index in [4.69, 9.17) is 16.1 Å². The maximum absolute atomic E-state index is 12.2. The number of amides is 1. The van der Waals surface area contributed by atoms with Gasteiger partial charge in [0.05, 0.1) is 22.0 Å². The summed E-state index contributed by atoms with van der Waals surface area (Å²) in [5, 5.41) is 8.98. The Labute approximate surface area is 146 Å². The molecule has 3 rings (SSSR count). The molecule has 0 aliphatic heterocycles. The van der Waals surface area contributed by atoms with Gasteiger partial charge in [-0.25, -0.2) is 0 Å². The Morgan fingerprint density at radius 2 is 2.30 bits per heavy atom. The van der Waals surface area contributed by atoms with Crippen LogP contribution in [0.4, 0.5) is 0 Å². The van der Waals surface area contributed by atoms with E-state index in [9.17, 15) is 4.79 Å². The standard InChI is InChI=1S/C15H12ClN3O2S2/c1-22-9-4-5-11(16)10(7-9)15(20)17-8-13-18-14(19-21-13)12-3-2-6-23-12/h2-7H,8H2,1H3,(H,17,20). The highest BCUT2D eigenvalue weighted by Crippen LogP contribution is 2.23. The fourth-order valence-corrected chi connectivity index (χ4v) is 3.18. The molecule has 2 heterocycles. The molecular weight excluding hydrogens is 354 g/mol. The van der Waals surface area contributed by atoms with Crippen molar-refractivity contribution in [1.29, 1.82) is 0 Å². The fourth-order valence-electron chi connectivity index (χ4n) is 1.89. The minimum atomic E-state index is -0.276. The van der Waals surface area contributed by atoms with Crippen LogP contribution in [-0.2, 0) is 6.54 Å². The molecule has 0 fully saturated rings. The first-order chi connectivity index (χ1) is 11.2. The van der Waals surface area contributed by atoms with E-state index in [0.29, 0.717) is 22.3 Å². The van der Waals surface area contributed by atoms with Gasteiger partial charge in [-0.2, -0.15) is 4.98 Å². The number of hydrogen-bond donors (Lipinski definition) is 1. The fraction of sp³-hybridized carbons (Fsp3) is 0.133. The third kappa shape index (κ3) is 3.74. The smallest absolute Gasteiger partial charge is 0.253 e. The summed E-state index contributed by atoms with van der Waals surface area (Å²) in [6.45, 7) is 0.150. The second-order valence-electron chi connectivity index (χ2n) is 4.52. The molecule has 0 unspecified atom stereocenters. The average Bonchev–Trinajstić information content (AvgIpc) is 3.24. The lowest BCUT2D eigenvalue weighted by Crippen LogP contribution is -2.23. The lowest BCUT2D eigenvalue weighted by molar-refractivity contribution is 0.0946. The van der Waals surface area contributed by atoms with Gasteiger partial charge in [0.2, 0.25) is 11.7 Å². The number of aromatic nitrogens is 2. The average molecular weight is 366 g/mol. The van der Waals surface area contributed by atoms with Gasteiger partial charge in [-0.15, -0.1) is 23.1 Å². The van der Waals surface area contributed by atoms with Crippen molar-refractivity contribution < 1.29 is 9.32 Å². The number of halogens is 1. The quantitative estimate of drug-likeness (QED) is 0.689. The summed E-state index contributed by atoms with van der Waals surface area (Å²) in [5.74, 6) is 0.590. The molecule has 0 atom stereocenters. The van der Waals surface area contributed by atoms with E-state index in [0.717, 1.165) is 9.77 Å². The molecule has 118 valence electrons. The van der Waals surface area contributed by atoms with Gasteiger partial charge in [-0.1, -0.05) is 22.8 Å². The Kier molecular flexibility index (Phi) is 5.00. The van der Waals surface area contributed by atoms with Crippen molar-refractivity contribution in [3.63, 3.8) is 0 Å². The van der Waals surface area contributed by atoms with Crippen LogP contribution in [0.3, 0.4) is 0 Å². The molecule has 23 heavy (non-hydrogen) atoms. The molecule has 8 heteroatoms. The number of thioether (sulfide) groups is 1. The normalized spacial score (nSPS) is 10.7. The zero-order chi connectivity index (χ0) is 16.2. The number of carbonyl (C=O) groups excluding carboxylic acids is 1. The van der Waals surface area contributed by atoms with Crippen molar-refractivity contribution in [1.82, 2.24) is 15.5 Å². The van der Waals surface area contributed by atoms with Crippen LogP contribution in [0.15, 0.2) is 45.1 Å². The molecule has 0 aliphatic carbocycles. The highest BCUT2D eigenvalue weighted by molar-refractivity contribution is 7.98. The molecule has 0 saturated carbocycles. The third-order valence-corrected chi connectivity index (χ3v) is 4.95. The first kappa shape index (κ1) is 16.0. The molecule has 1 aromatic carbocycles. The van der Waals surface area contributed by atoms with Gasteiger partial charge in [0, 0.05) is 4.90 Å². The number of thiophene rings is 1. The van der Waals surface area contributed by atoms with Gasteiger partial charge in [0.15, 0.2) is 0 Å². The molecule has 5 nitrogen and oxygen atoms in total. The predicted molar refractivity (Wildman–Crippen MR) is 92.0 cm³/mol. The summed E-state index contributed by atoms with van der Waals surface area (Å²) in [7, 11) is 0. The summed E-state index contributed by atoms with van der Waals surface area (Å²) in [6, 6.07) is 9.16. The second kappa shape index (κ2) is 7.16. The zero-order valence-electron chi connectivity index (χ0n) is 12.1. The van der Waals surface area contributed by atoms with Crippen molar-refractivity contribution in [2.75, 3.05) is 6.26 Å². The summed E-state index contributed by atoms with van der Waals surface area (Å²) < 4.78 is 5.14. The first-order valence-electron chi connectivity index (χ1n) is 6.65. The Bertz CT molecular complexity index is 818. The molecular formula is C15H12ClN3O2S2. The van der Waals surface area contributed by atoms with Crippen LogP contribution >= 0.6 is 34.7 Å². The van der Waals surface area contributed by atoms with Crippen molar-refractivity contribution in [3.8, 4) is 10.7 Å². The number of hydrogen-bond acceptors (Lipinski definition) is 6. The summed E-state index contributed by atoms with van der Waals surface area (Å²) >= 11 is 9.15. The molecule has 0 saturated heterocycles. The minimum absolute atomic E-state index is 0.150. The first-order valence-corrected chi connectivity index (χ1v) is 9.14. The van der Waals surface area contributed by atoms with Gasteiger partial charge >= 0.3 is 0 Å². The minimum Gasteiger partial charge on any atom is -0.343 e. The van der Waals surface area contributed by atoms with E-state index in [1.54, 1.807) is 23.9 Å². The van der Waals surface area contributed by atoms with E-state index in [-0.39, 0.29) is 12.5 Å². The number of nitrogens with zero attached hydrogens (tertiary/aromatic N) is 2. The Balaban J connectivity index is 1.67. The lowest BCUT2D eigenvalue weighted by atomic mass is 10.2. The lowest BCUT2D eigenvalue weighted by Gasteiger charge is -2.06. The summed E-state index contributed by atoms with van der Waals surface area (Å²) in [5.41, 5.74) is 0.427. The molecule has 0 aliphatic rings. The Morgan fingerprint density at radius 1 is 1.43 bits per heavy atom. The number of carbonyl (C=O) groups is 1. The SMILES string of the molecule is CSc1ccc(Cl)c(C(=O)NCc2nc(-c3cccs3)no2)c1. The molecule has 1 N–H and O–H groups in total. The number of nitrogens with one attached hydrogen (secondary N) is 1. The van der Waals surface area contributed by atoms with E-state index >= 15 is 0 Å². The molecule has 2 aromatic heterocycles. The predicted octanol–water partition coefficient (Wildman–Crippen LogP) is 4.10. The molecule has 0 spiro atoms. The van der Waals surface area contributed by atoms with Crippen molar-refractivity contribution in [2.24, 2.45) is 0 Å². The Hall–Kier alpha value is -1.83. The van der Waals surface area contributed by atoms with Gasteiger partial charge in [0.25, 0.3) is 5.91 Å². The van der Waals surface area contributed by atoms with Crippen LogP contribution in [0.25, 0.3) is 10.7 Å². The maximum Gasteiger partial charge on any atom is 0.253 e. The highest BCUT2D eigenvalue weighted by atomic mass is 35.5. The van der Waals surface area contributed by atoms with Crippen LogP contribution < -0.4 is 5.32 Å². The second-order valence-corrected chi connectivity index (χ2v) is 6.75. The van der Waals surface area contributed by atoms with Crippen LogP contribution in [-0.4, -0.2) is 22.3 Å². The van der Waals surface area contributed by atoms with Gasteiger partial charge in [0.1, 0.15) is 0 Å². The Morgan fingerprint density at radius 3 is 3.04 bits per heavy atom. The highest BCUT2D eigenvalue weighted by Gasteiger charge is 2.14. The van der Waals surface area contributed by atoms with Crippen LogP contribution in [0.5, 0.6) is 0 Å². The van der Waals surface area contributed by atoms with Crippen molar-refractivity contribution in [3.05, 3.63) is 52.2 Å². The van der Waals surface area contributed by atoms with Gasteiger partial charge in [-0.05, 0) is 35.9 Å². The van der Waals surface area contributed by atoms with E-state index in [2.05, 4.69) is 15.5 Å². The van der Waals surface area contributed by atoms with Crippen LogP contribution in [0, 0.1) is 0 Å². The number of benzene rings is 1. The molecule has 0 radical (unpaired) electrons. The van der Waals surface area contributed by atoms with Gasteiger partial charge < -0.3 is 9.84 Å².